The van der Waals surface area contributed by atoms with Gasteiger partial charge in [0.15, 0.2) is 0 Å². The number of carbonyl (C=O) groups is 2. The topological polar surface area (TPSA) is 82.4 Å². The maximum atomic E-state index is 11.4. The minimum Gasteiger partial charge on any atom is -0.495 e. The van der Waals surface area contributed by atoms with E-state index in [-0.39, 0.29) is 19.0 Å². The molecule has 1 aliphatic rings. The van der Waals surface area contributed by atoms with Gasteiger partial charge < -0.3 is 9.64 Å². The Hall–Kier alpha value is -2.55. The van der Waals surface area contributed by atoms with Gasteiger partial charge in [-0.1, -0.05) is 6.07 Å². The van der Waals surface area contributed by atoms with Gasteiger partial charge in [-0.25, -0.2) is 4.79 Å². The number of urea groups is 1. The van der Waals surface area contributed by atoms with Crippen molar-refractivity contribution in [3.63, 3.8) is 0 Å². The lowest BCUT2D eigenvalue weighted by atomic mass is 10.1. The Kier molecular flexibility index (Phi) is 3.15. The average molecular weight is 245 g/mol. The van der Waals surface area contributed by atoms with Crippen LogP contribution in [0, 0.1) is 11.3 Å². The van der Waals surface area contributed by atoms with E-state index in [0.29, 0.717) is 11.3 Å². The highest BCUT2D eigenvalue weighted by molar-refractivity contribution is 6.01. The molecule has 1 saturated heterocycles. The van der Waals surface area contributed by atoms with Crippen LogP contribution in [-0.2, 0) is 11.3 Å². The molecule has 1 aromatic rings. The number of imide groups is 1. The van der Waals surface area contributed by atoms with E-state index in [4.69, 9.17) is 10.00 Å². The van der Waals surface area contributed by atoms with E-state index in [1.807, 2.05) is 6.07 Å². The second-order valence-electron chi connectivity index (χ2n) is 3.86. The Morgan fingerprint density at radius 3 is 2.83 bits per heavy atom. The molecule has 6 heteroatoms. The molecule has 0 atom stereocenters. The van der Waals surface area contributed by atoms with Crippen molar-refractivity contribution in [1.82, 2.24) is 10.2 Å². The number of nitriles is 1. The van der Waals surface area contributed by atoms with Crippen molar-refractivity contribution in [2.24, 2.45) is 0 Å². The molecule has 0 aliphatic carbocycles. The first-order chi connectivity index (χ1) is 8.63. The van der Waals surface area contributed by atoms with E-state index >= 15 is 0 Å². The molecule has 1 aliphatic heterocycles. The van der Waals surface area contributed by atoms with Gasteiger partial charge in [-0.05, 0) is 17.7 Å². The molecule has 1 N–H and O–H groups in total. The molecule has 18 heavy (non-hydrogen) atoms. The van der Waals surface area contributed by atoms with Crippen molar-refractivity contribution in [3.8, 4) is 11.8 Å². The molecule has 3 amide bonds. The van der Waals surface area contributed by atoms with Crippen LogP contribution in [0.2, 0.25) is 0 Å². The van der Waals surface area contributed by atoms with Crippen molar-refractivity contribution < 1.29 is 14.3 Å². The van der Waals surface area contributed by atoms with Crippen LogP contribution in [-0.4, -0.2) is 30.5 Å². The van der Waals surface area contributed by atoms with Gasteiger partial charge in [-0.15, -0.1) is 0 Å². The fourth-order valence-electron chi connectivity index (χ4n) is 1.77. The summed E-state index contributed by atoms with van der Waals surface area (Å²) in [5, 5.41) is 11.1. The van der Waals surface area contributed by atoms with Crippen molar-refractivity contribution in [1.29, 1.82) is 5.26 Å². The predicted molar refractivity (Wildman–Crippen MR) is 61.7 cm³/mol. The Labute approximate surface area is 104 Å². The lowest BCUT2D eigenvalue weighted by Crippen LogP contribution is -2.27. The summed E-state index contributed by atoms with van der Waals surface area (Å²) in [7, 11) is 1.49. The van der Waals surface area contributed by atoms with Crippen molar-refractivity contribution in [2.45, 2.75) is 6.54 Å². The number of hydrogen-bond donors (Lipinski definition) is 1. The van der Waals surface area contributed by atoms with Gasteiger partial charge in [0.05, 0.1) is 12.7 Å². The molecule has 6 nitrogen and oxygen atoms in total. The first kappa shape index (κ1) is 11.9. The average Bonchev–Trinajstić information content (AvgIpc) is 2.67. The fraction of sp³-hybridized carbons (Fsp3) is 0.250. The first-order valence-corrected chi connectivity index (χ1v) is 5.30. The number of nitrogens with one attached hydrogen (secondary N) is 1. The zero-order valence-electron chi connectivity index (χ0n) is 9.77. The van der Waals surface area contributed by atoms with Crippen LogP contribution in [0.4, 0.5) is 4.79 Å². The second-order valence-corrected chi connectivity index (χ2v) is 3.86. The highest BCUT2D eigenvalue weighted by Crippen LogP contribution is 2.20. The van der Waals surface area contributed by atoms with E-state index in [9.17, 15) is 9.59 Å². The van der Waals surface area contributed by atoms with Crippen molar-refractivity contribution in [2.75, 3.05) is 13.7 Å². The molecular formula is C12H11N3O3. The van der Waals surface area contributed by atoms with Gasteiger partial charge in [0.25, 0.3) is 0 Å². The minimum atomic E-state index is -0.408. The Morgan fingerprint density at radius 2 is 2.28 bits per heavy atom. The number of carbonyl (C=O) groups excluding carboxylic acids is 2. The molecule has 0 radical (unpaired) electrons. The van der Waals surface area contributed by atoms with Crippen LogP contribution in [0.15, 0.2) is 18.2 Å². The van der Waals surface area contributed by atoms with Gasteiger partial charge in [-0.2, -0.15) is 5.26 Å². The van der Waals surface area contributed by atoms with Gasteiger partial charge in [-0.3, -0.25) is 10.1 Å². The van der Waals surface area contributed by atoms with Crippen LogP contribution in [0.25, 0.3) is 0 Å². The lowest BCUT2D eigenvalue weighted by molar-refractivity contribution is -0.118. The van der Waals surface area contributed by atoms with E-state index in [1.54, 1.807) is 18.2 Å². The number of rotatable bonds is 3. The molecule has 0 aromatic heterocycles. The van der Waals surface area contributed by atoms with Crippen LogP contribution in [0.1, 0.15) is 11.1 Å². The molecule has 2 rings (SSSR count). The van der Waals surface area contributed by atoms with Gasteiger partial charge in [0.2, 0.25) is 5.91 Å². The van der Waals surface area contributed by atoms with E-state index in [0.717, 1.165) is 5.56 Å². The van der Waals surface area contributed by atoms with Gasteiger partial charge in [0, 0.05) is 6.54 Å². The summed E-state index contributed by atoms with van der Waals surface area (Å²) in [4.78, 5) is 23.8. The summed E-state index contributed by atoms with van der Waals surface area (Å²) in [6.07, 6.45) is 0. The van der Waals surface area contributed by atoms with Crippen LogP contribution in [0.3, 0.4) is 0 Å². The third kappa shape index (κ3) is 2.25. The summed E-state index contributed by atoms with van der Waals surface area (Å²) in [6, 6.07) is 6.69. The zero-order valence-corrected chi connectivity index (χ0v) is 9.77. The van der Waals surface area contributed by atoms with Gasteiger partial charge >= 0.3 is 6.03 Å². The van der Waals surface area contributed by atoms with Crippen LogP contribution < -0.4 is 10.1 Å². The molecule has 0 bridgehead atoms. The summed E-state index contributed by atoms with van der Waals surface area (Å²) in [5.41, 5.74) is 1.18. The monoisotopic (exact) mass is 245 g/mol. The molecule has 0 saturated carbocycles. The highest BCUT2D eigenvalue weighted by Gasteiger charge is 2.26. The SMILES string of the molecule is COc1ccc(CN2CC(=O)NC2=O)cc1C#N. The third-order valence-electron chi connectivity index (χ3n) is 2.63. The molecule has 1 heterocycles. The number of amides is 3. The number of ether oxygens (including phenoxy) is 1. The summed E-state index contributed by atoms with van der Waals surface area (Å²) < 4.78 is 5.03. The summed E-state index contributed by atoms with van der Waals surface area (Å²) in [5.74, 6) is 0.178. The fourth-order valence-corrected chi connectivity index (χ4v) is 1.77. The number of nitrogens with zero attached hydrogens (tertiary/aromatic N) is 2. The summed E-state index contributed by atoms with van der Waals surface area (Å²) >= 11 is 0. The van der Waals surface area contributed by atoms with E-state index in [1.165, 1.54) is 12.0 Å². The number of methoxy groups -OCH3 is 1. The Morgan fingerprint density at radius 1 is 1.50 bits per heavy atom. The normalized spacial score (nSPS) is 14.3. The van der Waals surface area contributed by atoms with Crippen LogP contribution in [0.5, 0.6) is 5.75 Å². The molecule has 1 aromatic carbocycles. The van der Waals surface area contributed by atoms with Crippen molar-refractivity contribution >= 4 is 11.9 Å². The quantitative estimate of drug-likeness (QED) is 0.791. The molecule has 92 valence electrons. The lowest BCUT2D eigenvalue weighted by Gasteiger charge is -2.13. The molecule has 0 unspecified atom stereocenters. The smallest absolute Gasteiger partial charge is 0.324 e. The minimum absolute atomic E-state index is 0.0484. The van der Waals surface area contributed by atoms with E-state index < -0.39 is 6.03 Å². The molecule has 1 fully saturated rings. The molecule has 0 spiro atoms. The number of benzene rings is 1. The third-order valence-corrected chi connectivity index (χ3v) is 2.63. The highest BCUT2D eigenvalue weighted by atomic mass is 16.5. The van der Waals surface area contributed by atoms with Crippen molar-refractivity contribution in [3.05, 3.63) is 29.3 Å². The maximum absolute atomic E-state index is 11.4. The van der Waals surface area contributed by atoms with Gasteiger partial charge in [0.1, 0.15) is 18.4 Å². The predicted octanol–water partition coefficient (Wildman–Crippen LogP) is 0.619. The Balaban J connectivity index is 2.18. The van der Waals surface area contributed by atoms with E-state index in [2.05, 4.69) is 5.32 Å². The largest absolute Gasteiger partial charge is 0.495 e. The first-order valence-electron chi connectivity index (χ1n) is 5.30. The Bertz CT molecular complexity index is 548. The standard InChI is InChI=1S/C12H11N3O3/c1-18-10-3-2-8(4-9(10)5-13)6-15-7-11(16)14-12(15)17/h2-4H,6-7H2,1H3,(H,14,16,17). The summed E-state index contributed by atoms with van der Waals surface area (Å²) in [6.45, 7) is 0.336. The maximum Gasteiger partial charge on any atom is 0.324 e. The zero-order chi connectivity index (χ0) is 13.1. The van der Waals surface area contributed by atoms with Crippen LogP contribution >= 0.6 is 0 Å². The number of hydrogen-bond acceptors (Lipinski definition) is 4. The molecular weight excluding hydrogens is 234 g/mol. The second kappa shape index (κ2) is 4.75.